The van der Waals surface area contributed by atoms with E-state index < -0.39 is 0 Å². The number of nitrogens with one attached hydrogen (secondary N) is 2. The summed E-state index contributed by atoms with van der Waals surface area (Å²) in [6, 6.07) is 8.74. The van der Waals surface area contributed by atoms with Gasteiger partial charge in [0.15, 0.2) is 5.96 Å². The predicted octanol–water partition coefficient (Wildman–Crippen LogP) is 4.73. The highest BCUT2D eigenvalue weighted by atomic mass is 127. The van der Waals surface area contributed by atoms with Gasteiger partial charge >= 0.3 is 0 Å². The van der Waals surface area contributed by atoms with Gasteiger partial charge in [0, 0.05) is 25.6 Å². The lowest BCUT2D eigenvalue weighted by atomic mass is 9.86. The number of benzene rings is 1. The van der Waals surface area contributed by atoms with Crippen molar-refractivity contribution >= 4 is 29.9 Å². The summed E-state index contributed by atoms with van der Waals surface area (Å²) in [5.74, 6) is 1.94. The average molecular weight is 514 g/mol. The summed E-state index contributed by atoms with van der Waals surface area (Å²) in [4.78, 5) is 6.96. The van der Waals surface area contributed by atoms with Crippen molar-refractivity contribution in [2.45, 2.75) is 70.4 Å². The fraction of sp³-hybridized carbons (Fsp3) is 0.696. The van der Waals surface area contributed by atoms with Crippen molar-refractivity contribution < 1.29 is 4.74 Å². The van der Waals surface area contributed by atoms with Crippen molar-refractivity contribution in [1.29, 1.82) is 0 Å². The normalized spacial score (nSPS) is 20.1. The van der Waals surface area contributed by atoms with E-state index in [0.717, 1.165) is 57.0 Å². The van der Waals surface area contributed by atoms with Crippen LogP contribution in [0.3, 0.4) is 0 Å². The van der Waals surface area contributed by atoms with Gasteiger partial charge in [-0.2, -0.15) is 0 Å². The van der Waals surface area contributed by atoms with Crippen LogP contribution in [0.5, 0.6) is 5.75 Å². The number of hydrogen-bond donors (Lipinski definition) is 2. The van der Waals surface area contributed by atoms with E-state index in [4.69, 9.17) is 4.74 Å². The van der Waals surface area contributed by atoms with Crippen LogP contribution in [0.2, 0.25) is 0 Å². The Hall–Kier alpha value is -1.02. The van der Waals surface area contributed by atoms with Crippen molar-refractivity contribution in [3.05, 3.63) is 29.8 Å². The van der Waals surface area contributed by atoms with Gasteiger partial charge in [-0.1, -0.05) is 32.0 Å². The second-order valence-corrected chi connectivity index (χ2v) is 8.16. The monoisotopic (exact) mass is 514 g/mol. The van der Waals surface area contributed by atoms with Crippen LogP contribution >= 0.6 is 24.0 Å². The van der Waals surface area contributed by atoms with Gasteiger partial charge in [0.2, 0.25) is 0 Å². The molecule has 1 aromatic rings. The Labute approximate surface area is 194 Å². The van der Waals surface area contributed by atoms with Gasteiger partial charge < -0.3 is 20.3 Å². The first-order chi connectivity index (χ1) is 13.7. The lowest BCUT2D eigenvalue weighted by molar-refractivity contribution is 0.0396. The Balaban J connectivity index is 0.00000300. The van der Waals surface area contributed by atoms with Gasteiger partial charge in [-0.05, 0) is 64.2 Å². The first-order valence-electron chi connectivity index (χ1n) is 11.2. The van der Waals surface area contributed by atoms with Crippen LogP contribution in [0.15, 0.2) is 29.3 Å². The predicted molar refractivity (Wildman–Crippen MR) is 133 cm³/mol. The smallest absolute Gasteiger partial charge is 0.191 e. The molecule has 1 unspecified atom stereocenters. The molecule has 0 aromatic heterocycles. The van der Waals surface area contributed by atoms with Gasteiger partial charge in [-0.25, -0.2) is 0 Å². The van der Waals surface area contributed by atoms with Crippen LogP contribution in [-0.2, 0) is 0 Å². The minimum Gasteiger partial charge on any atom is -0.487 e. The van der Waals surface area contributed by atoms with E-state index in [1.807, 2.05) is 7.05 Å². The van der Waals surface area contributed by atoms with Gasteiger partial charge in [0.25, 0.3) is 0 Å². The number of fused-ring (bicyclic) bond motifs is 1. The number of guanidine groups is 1. The maximum Gasteiger partial charge on any atom is 0.191 e. The molecule has 1 atom stereocenters. The van der Waals surface area contributed by atoms with Gasteiger partial charge in [-0.3, -0.25) is 4.99 Å². The largest absolute Gasteiger partial charge is 0.487 e. The summed E-state index contributed by atoms with van der Waals surface area (Å²) >= 11 is 0. The first-order valence-corrected chi connectivity index (χ1v) is 11.2. The highest BCUT2D eigenvalue weighted by molar-refractivity contribution is 14.0. The Morgan fingerprint density at radius 1 is 1.17 bits per heavy atom. The van der Waals surface area contributed by atoms with Crippen LogP contribution in [0.1, 0.15) is 70.4 Å². The number of hydrogen-bond acceptors (Lipinski definition) is 3. The zero-order valence-corrected chi connectivity index (χ0v) is 20.7. The van der Waals surface area contributed by atoms with E-state index >= 15 is 0 Å². The lowest BCUT2D eigenvalue weighted by Crippen LogP contribution is -2.46. The van der Waals surface area contributed by atoms with E-state index in [1.165, 1.54) is 31.4 Å². The molecule has 1 aromatic carbocycles. The Morgan fingerprint density at radius 3 is 2.59 bits per heavy atom. The summed E-state index contributed by atoms with van der Waals surface area (Å²) in [5, 5.41) is 7.20. The zero-order chi connectivity index (χ0) is 19.8. The molecule has 0 bridgehead atoms. The maximum atomic E-state index is 6.48. The molecule has 3 rings (SSSR count). The van der Waals surface area contributed by atoms with Gasteiger partial charge in [0.05, 0.1) is 6.04 Å². The molecule has 1 saturated carbocycles. The number of rotatable bonds is 8. The van der Waals surface area contributed by atoms with E-state index in [9.17, 15) is 0 Å². The van der Waals surface area contributed by atoms with Crippen molar-refractivity contribution in [2.24, 2.45) is 4.99 Å². The molecule has 6 heteroatoms. The molecule has 0 radical (unpaired) electrons. The summed E-state index contributed by atoms with van der Waals surface area (Å²) in [7, 11) is 1.86. The van der Waals surface area contributed by atoms with Crippen LogP contribution < -0.4 is 15.4 Å². The van der Waals surface area contributed by atoms with Gasteiger partial charge in [-0.15, -0.1) is 24.0 Å². The number of ether oxygens (including phenoxy) is 1. The third-order valence-corrected chi connectivity index (χ3v) is 6.33. The minimum absolute atomic E-state index is 0. The van der Waals surface area contributed by atoms with Crippen molar-refractivity contribution in [3.8, 4) is 5.75 Å². The Bertz CT molecular complexity index is 642. The molecule has 1 fully saturated rings. The molecule has 1 heterocycles. The molecular weight excluding hydrogens is 475 g/mol. The van der Waals surface area contributed by atoms with Crippen molar-refractivity contribution in [2.75, 3.05) is 33.2 Å². The maximum absolute atomic E-state index is 6.48. The summed E-state index contributed by atoms with van der Waals surface area (Å²) in [5.41, 5.74) is 1.26. The highest BCUT2D eigenvalue weighted by Gasteiger charge is 2.43. The Morgan fingerprint density at radius 2 is 1.90 bits per heavy atom. The molecule has 164 valence electrons. The zero-order valence-electron chi connectivity index (χ0n) is 18.4. The lowest BCUT2D eigenvalue weighted by Gasteiger charge is -2.40. The summed E-state index contributed by atoms with van der Waals surface area (Å²) < 4.78 is 6.48. The molecular formula is C23H39IN4O. The van der Waals surface area contributed by atoms with Crippen LogP contribution in [0, 0.1) is 0 Å². The average Bonchev–Trinajstić information content (AvgIpc) is 3.17. The second-order valence-electron chi connectivity index (χ2n) is 8.16. The molecule has 0 saturated heterocycles. The van der Waals surface area contributed by atoms with Crippen LogP contribution in [0.4, 0.5) is 0 Å². The standard InChI is InChI=1S/C23H38N4O.HI/c1-4-27(5-2)17-11-10-16-25-22(24-3)26-20-18-23(14-8-9-15-23)28-21-13-7-6-12-19(20)21;/h6-7,12-13,20H,4-5,8-11,14-18H2,1-3H3,(H2,24,25,26);1H. The van der Waals surface area contributed by atoms with E-state index in [2.05, 4.69) is 58.6 Å². The third-order valence-electron chi connectivity index (χ3n) is 6.33. The third kappa shape index (κ3) is 6.48. The van der Waals surface area contributed by atoms with E-state index in [-0.39, 0.29) is 35.6 Å². The molecule has 2 N–H and O–H groups in total. The quantitative estimate of drug-likeness (QED) is 0.228. The molecule has 1 aliphatic carbocycles. The molecule has 0 amide bonds. The number of aliphatic imine (C=N–C) groups is 1. The first kappa shape index (κ1) is 24.3. The van der Waals surface area contributed by atoms with Crippen molar-refractivity contribution in [1.82, 2.24) is 15.5 Å². The number of nitrogens with zero attached hydrogens (tertiary/aromatic N) is 2. The van der Waals surface area contributed by atoms with Crippen molar-refractivity contribution in [3.63, 3.8) is 0 Å². The van der Waals surface area contributed by atoms with Crippen LogP contribution in [-0.4, -0.2) is 49.7 Å². The molecule has 5 nitrogen and oxygen atoms in total. The molecule has 1 spiro atoms. The second kappa shape index (κ2) is 12.0. The number of halogens is 1. The van der Waals surface area contributed by atoms with E-state index in [1.54, 1.807) is 0 Å². The number of para-hydroxylation sites is 1. The van der Waals surface area contributed by atoms with Gasteiger partial charge in [0.1, 0.15) is 11.4 Å². The Kier molecular flexibility index (Phi) is 10.0. The SMILES string of the molecule is CCN(CC)CCCCNC(=NC)NC1CC2(CCCC2)Oc2ccccc21.I. The fourth-order valence-corrected chi connectivity index (χ4v) is 4.64. The summed E-state index contributed by atoms with van der Waals surface area (Å²) in [6.45, 7) is 8.87. The molecule has 29 heavy (non-hydrogen) atoms. The number of unbranched alkanes of at least 4 members (excludes halogenated alkanes) is 1. The van der Waals surface area contributed by atoms with Crippen LogP contribution in [0.25, 0.3) is 0 Å². The summed E-state index contributed by atoms with van der Waals surface area (Å²) in [6.07, 6.45) is 8.27. The molecule has 2 aliphatic rings. The van der Waals surface area contributed by atoms with E-state index in [0.29, 0.717) is 0 Å². The minimum atomic E-state index is 0. The highest BCUT2D eigenvalue weighted by Crippen LogP contribution is 2.46. The fourth-order valence-electron chi connectivity index (χ4n) is 4.64. The molecule has 1 aliphatic heterocycles. The topological polar surface area (TPSA) is 48.9 Å².